The third-order valence-electron chi connectivity index (χ3n) is 2.06. The van der Waals surface area contributed by atoms with Crippen LogP contribution in [0.3, 0.4) is 0 Å². The number of ether oxygens (including phenoxy) is 1. The van der Waals surface area contributed by atoms with Crippen LogP contribution in [-0.4, -0.2) is 43.9 Å². The molecule has 1 N–H and O–H groups in total. The molecule has 0 aromatic carbocycles. The Kier molecular flexibility index (Phi) is 3.00. The number of aromatic nitrogens is 4. The monoisotopic (exact) mass is 248 g/mol. The first-order chi connectivity index (χ1) is 8.61. The third kappa shape index (κ3) is 2.17. The van der Waals surface area contributed by atoms with E-state index in [1.54, 1.807) is 0 Å². The van der Waals surface area contributed by atoms with Crippen molar-refractivity contribution in [2.24, 2.45) is 0 Å². The van der Waals surface area contributed by atoms with Gasteiger partial charge in [0.1, 0.15) is 0 Å². The molecular formula is C10H8N4O4. The van der Waals surface area contributed by atoms with Gasteiger partial charge in [0.2, 0.25) is 0 Å². The van der Waals surface area contributed by atoms with E-state index in [2.05, 4.69) is 19.8 Å². The molecule has 8 nitrogen and oxygen atoms in total. The molecule has 18 heavy (non-hydrogen) atoms. The minimum Gasteiger partial charge on any atom is -0.476 e. The van der Waals surface area contributed by atoms with Crippen LogP contribution in [0.1, 0.15) is 21.0 Å². The second-order valence-electron chi connectivity index (χ2n) is 3.20. The van der Waals surface area contributed by atoms with Gasteiger partial charge in [-0.2, -0.15) is 5.10 Å². The van der Waals surface area contributed by atoms with E-state index < -0.39 is 11.9 Å². The zero-order chi connectivity index (χ0) is 13.1. The Hall–Kier alpha value is -2.77. The van der Waals surface area contributed by atoms with E-state index in [0.29, 0.717) is 0 Å². The van der Waals surface area contributed by atoms with Gasteiger partial charge >= 0.3 is 11.9 Å². The molecule has 2 rings (SSSR count). The number of hydrogen-bond acceptors (Lipinski definition) is 6. The lowest BCUT2D eigenvalue weighted by molar-refractivity contribution is 0.0592. The largest absolute Gasteiger partial charge is 0.476 e. The molecule has 0 saturated heterocycles. The maximum atomic E-state index is 11.3. The Labute approximate surface area is 101 Å². The van der Waals surface area contributed by atoms with Crippen LogP contribution < -0.4 is 0 Å². The van der Waals surface area contributed by atoms with E-state index in [4.69, 9.17) is 5.11 Å². The van der Waals surface area contributed by atoms with Crippen LogP contribution in [0.15, 0.2) is 24.7 Å². The summed E-state index contributed by atoms with van der Waals surface area (Å²) in [4.78, 5) is 29.7. The Balaban J connectivity index is 2.38. The zero-order valence-corrected chi connectivity index (χ0v) is 9.27. The maximum Gasteiger partial charge on any atom is 0.358 e. The number of rotatable bonds is 3. The summed E-state index contributed by atoms with van der Waals surface area (Å²) in [6.45, 7) is 0. The van der Waals surface area contributed by atoms with Gasteiger partial charge in [-0.1, -0.05) is 0 Å². The summed E-state index contributed by atoms with van der Waals surface area (Å²) in [5.41, 5.74) is -0.109. The van der Waals surface area contributed by atoms with Crippen LogP contribution in [0, 0.1) is 0 Å². The molecule has 2 heterocycles. The van der Waals surface area contributed by atoms with E-state index in [9.17, 15) is 9.59 Å². The summed E-state index contributed by atoms with van der Waals surface area (Å²) in [6.07, 6.45) is 4.01. The van der Waals surface area contributed by atoms with Gasteiger partial charge in [-0.15, -0.1) is 0 Å². The number of carboxylic acid groups (broad SMARTS) is 1. The maximum absolute atomic E-state index is 11.3. The van der Waals surface area contributed by atoms with Crippen LogP contribution in [0.25, 0.3) is 5.82 Å². The van der Waals surface area contributed by atoms with E-state index in [1.807, 2.05) is 0 Å². The van der Waals surface area contributed by atoms with Crippen molar-refractivity contribution >= 4 is 11.9 Å². The summed E-state index contributed by atoms with van der Waals surface area (Å²) < 4.78 is 5.72. The van der Waals surface area contributed by atoms with Gasteiger partial charge in [0.25, 0.3) is 0 Å². The lowest BCUT2D eigenvalue weighted by Crippen LogP contribution is -2.09. The first kappa shape index (κ1) is 11.7. The Morgan fingerprint density at radius 3 is 2.72 bits per heavy atom. The highest BCUT2D eigenvalue weighted by Gasteiger charge is 2.12. The SMILES string of the molecule is COC(=O)c1cncc(-n2ccc(C(=O)O)n2)n1. The molecule has 0 bridgehead atoms. The molecule has 0 atom stereocenters. The van der Waals surface area contributed by atoms with Crippen molar-refractivity contribution in [3.8, 4) is 5.82 Å². The molecule has 8 heteroatoms. The highest BCUT2D eigenvalue weighted by atomic mass is 16.5. The predicted molar refractivity (Wildman–Crippen MR) is 57.5 cm³/mol. The van der Waals surface area contributed by atoms with Gasteiger partial charge in [-0.25, -0.2) is 19.3 Å². The second-order valence-corrected chi connectivity index (χ2v) is 3.20. The predicted octanol–water partition coefficient (Wildman–Crippen LogP) is 0.147. The standard InChI is InChI=1S/C10H8N4O4/c1-18-10(17)7-4-11-5-8(12-7)14-3-2-6(13-14)9(15)16/h2-5H,1H3,(H,15,16). The molecular weight excluding hydrogens is 240 g/mol. The average Bonchev–Trinajstić information content (AvgIpc) is 2.88. The Morgan fingerprint density at radius 1 is 1.33 bits per heavy atom. The quantitative estimate of drug-likeness (QED) is 0.770. The second kappa shape index (κ2) is 4.62. The van der Waals surface area contributed by atoms with E-state index >= 15 is 0 Å². The number of carboxylic acids is 1. The van der Waals surface area contributed by atoms with Gasteiger partial charge in [-0.3, -0.25) is 4.98 Å². The van der Waals surface area contributed by atoms with Crippen LogP contribution >= 0.6 is 0 Å². The topological polar surface area (TPSA) is 107 Å². The summed E-state index contributed by atoms with van der Waals surface area (Å²) in [6, 6.07) is 1.31. The van der Waals surface area contributed by atoms with E-state index in [0.717, 1.165) is 0 Å². The molecule has 0 unspecified atom stereocenters. The van der Waals surface area contributed by atoms with Crippen molar-refractivity contribution in [2.45, 2.75) is 0 Å². The average molecular weight is 248 g/mol. The Bertz CT molecular complexity index is 607. The van der Waals surface area contributed by atoms with Crippen molar-refractivity contribution < 1.29 is 19.4 Å². The number of hydrogen-bond donors (Lipinski definition) is 1. The summed E-state index contributed by atoms with van der Waals surface area (Å²) >= 11 is 0. The van der Waals surface area contributed by atoms with E-state index in [-0.39, 0.29) is 17.2 Å². The highest BCUT2D eigenvalue weighted by molar-refractivity contribution is 5.87. The van der Waals surface area contributed by atoms with Crippen molar-refractivity contribution in [3.63, 3.8) is 0 Å². The smallest absolute Gasteiger partial charge is 0.358 e. The van der Waals surface area contributed by atoms with Crippen molar-refractivity contribution in [1.29, 1.82) is 0 Å². The van der Waals surface area contributed by atoms with Crippen molar-refractivity contribution in [3.05, 3.63) is 36.0 Å². The summed E-state index contributed by atoms with van der Waals surface area (Å²) in [7, 11) is 1.23. The minimum atomic E-state index is -1.15. The zero-order valence-electron chi connectivity index (χ0n) is 9.27. The third-order valence-corrected chi connectivity index (χ3v) is 2.06. The van der Waals surface area contributed by atoms with Crippen LogP contribution in [-0.2, 0) is 4.74 Å². The molecule has 2 aromatic rings. The number of esters is 1. The lowest BCUT2D eigenvalue weighted by atomic mass is 10.4. The lowest BCUT2D eigenvalue weighted by Gasteiger charge is -2.01. The van der Waals surface area contributed by atoms with Crippen LogP contribution in [0.5, 0.6) is 0 Å². The number of aromatic carboxylic acids is 1. The van der Waals surface area contributed by atoms with Crippen LogP contribution in [0.4, 0.5) is 0 Å². The molecule has 0 saturated carbocycles. The van der Waals surface area contributed by atoms with Crippen molar-refractivity contribution in [2.75, 3.05) is 7.11 Å². The van der Waals surface area contributed by atoms with Crippen molar-refractivity contribution in [1.82, 2.24) is 19.7 Å². The summed E-state index contributed by atoms with van der Waals surface area (Å²) in [5.74, 6) is -1.55. The number of carbonyl (C=O) groups excluding carboxylic acids is 1. The molecule has 0 spiro atoms. The molecule has 0 radical (unpaired) electrons. The molecule has 0 amide bonds. The fourth-order valence-corrected chi connectivity index (χ4v) is 1.23. The van der Waals surface area contributed by atoms with Gasteiger partial charge in [0, 0.05) is 6.20 Å². The number of methoxy groups -OCH3 is 1. The first-order valence-electron chi connectivity index (χ1n) is 4.81. The molecule has 2 aromatic heterocycles. The molecule has 92 valence electrons. The normalized spacial score (nSPS) is 10.1. The molecule has 0 aliphatic heterocycles. The molecule has 0 aliphatic rings. The summed E-state index contributed by atoms with van der Waals surface area (Å²) in [5, 5.41) is 12.5. The van der Waals surface area contributed by atoms with Crippen LogP contribution in [0.2, 0.25) is 0 Å². The highest BCUT2D eigenvalue weighted by Crippen LogP contribution is 2.05. The van der Waals surface area contributed by atoms with Gasteiger partial charge in [0.05, 0.1) is 19.5 Å². The van der Waals surface area contributed by atoms with E-state index in [1.165, 1.54) is 36.4 Å². The number of nitrogens with zero attached hydrogens (tertiary/aromatic N) is 4. The minimum absolute atomic E-state index is 0.0161. The molecule has 0 aliphatic carbocycles. The Morgan fingerprint density at radius 2 is 2.11 bits per heavy atom. The van der Waals surface area contributed by atoms with Gasteiger partial charge < -0.3 is 9.84 Å². The van der Waals surface area contributed by atoms with Gasteiger partial charge in [-0.05, 0) is 6.07 Å². The fraction of sp³-hybridized carbons (Fsp3) is 0.100. The number of carbonyl (C=O) groups is 2. The molecule has 0 fully saturated rings. The first-order valence-corrected chi connectivity index (χ1v) is 4.81. The fourth-order valence-electron chi connectivity index (χ4n) is 1.23. The van der Waals surface area contributed by atoms with Gasteiger partial charge in [0.15, 0.2) is 17.2 Å².